The van der Waals surface area contributed by atoms with Gasteiger partial charge >= 0.3 is 0 Å². The van der Waals surface area contributed by atoms with Gasteiger partial charge in [0.2, 0.25) is 10.9 Å². The molecule has 0 aliphatic heterocycles. The van der Waals surface area contributed by atoms with Gasteiger partial charge in [-0.25, -0.2) is 0 Å². The van der Waals surface area contributed by atoms with E-state index >= 15 is 0 Å². The number of aryl methyl sites for hydroxylation is 2. The minimum absolute atomic E-state index is 0.194. The molecule has 0 spiro atoms. The fraction of sp³-hybridized carbons (Fsp3) is 0.190. The molecule has 2 aromatic carbocycles. The highest BCUT2D eigenvalue weighted by atomic mass is 35.5. The van der Waals surface area contributed by atoms with E-state index in [1.54, 1.807) is 16.6 Å². The molecule has 0 unspecified atom stereocenters. The number of nitrogens with zero attached hydrogens (tertiary/aromatic N) is 4. The number of halogens is 1. The Labute approximate surface area is 193 Å². The number of rotatable bonds is 5. The lowest BCUT2D eigenvalue weighted by molar-refractivity contribution is -0.119. The summed E-state index contributed by atoms with van der Waals surface area (Å²) in [5.74, 6) is 0.646. The Bertz CT molecular complexity index is 1260. The zero-order valence-electron chi connectivity index (χ0n) is 16.8. The van der Waals surface area contributed by atoms with Crippen LogP contribution in [0.4, 0.5) is 5.69 Å². The molecule has 2 aromatic heterocycles. The highest BCUT2D eigenvalue weighted by Crippen LogP contribution is 2.28. The maximum absolute atomic E-state index is 12.2. The van der Waals surface area contributed by atoms with Crippen LogP contribution in [0.25, 0.3) is 15.5 Å². The third-order valence-corrected chi connectivity index (χ3v) is 6.03. The standard InChI is InChI=1S/C21H19ClN6OS2/c1-3-17-25-26-21-28(17)27-19(31-21)14-6-9-16(12(2)10-14)23-20(30)24-18(29)11-13-4-7-15(22)8-5-13/h4-10H,3,11H2,1-2H3,(H2,23,24,29,30). The first-order valence-electron chi connectivity index (χ1n) is 9.60. The highest BCUT2D eigenvalue weighted by molar-refractivity contribution is 7.80. The largest absolute Gasteiger partial charge is 0.332 e. The second-order valence-corrected chi connectivity index (χ2v) is 8.71. The molecule has 0 radical (unpaired) electrons. The monoisotopic (exact) mass is 470 g/mol. The summed E-state index contributed by atoms with van der Waals surface area (Å²) in [6.45, 7) is 4.00. The van der Waals surface area contributed by atoms with Crippen molar-refractivity contribution in [2.75, 3.05) is 5.32 Å². The van der Waals surface area contributed by atoms with Gasteiger partial charge in [-0.05, 0) is 60.6 Å². The first-order valence-corrected chi connectivity index (χ1v) is 11.2. The third-order valence-electron chi connectivity index (χ3n) is 4.62. The van der Waals surface area contributed by atoms with Crippen LogP contribution in [-0.2, 0) is 17.6 Å². The minimum Gasteiger partial charge on any atom is -0.332 e. The molecule has 0 bridgehead atoms. The van der Waals surface area contributed by atoms with Gasteiger partial charge in [-0.1, -0.05) is 42.0 Å². The molecule has 0 aliphatic rings. The lowest BCUT2D eigenvalue weighted by Crippen LogP contribution is -2.35. The lowest BCUT2D eigenvalue weighted by Gasteiger charge is -2.12. The van der Waals surface area contributed by atoms with Gasteiger partial charge in [-0.15, -0.1) is 10.2 Å². The Morgan fingerprint density at radius 1 is 1.19 bits per heavy atom. The number of fused-ring (bicyclic) bond motifs is 1. The predicted molar refractivity (Wildman–Crippen MR) is 128 cm³/mol. The zero-order valence-corrected chi connectivity index (χ0v) is 19.2. The molecule has 0 saturated carbocycles. The number of anilines is 1. The Morgan fingerprint density at radius 3 is 2.68 bits per heavy atom. The molecule has 31 heavy (non-hydrogen) atoms. The topological polar surface area (TPSA) is 84.2 Å². The molecule has 1 amide bonds. The molecule has 0 atom stereocenters. The number of carbonyl (C=O) groups excluding carboxylic acids is 1. The van der Waals surface area contributed by atoms with Crippen molar-refractivity contribution >= 4 is 56.8 Å². The van der Waals surface area contributed by atoms with E-state index < -0.39 is 0 Å². The molecule has 0 saturated heterocycles. The number of aromatic nitrogens is 4. The molecule has 158 valence electrons. The second-order valence-electron chi connectivity index (χ2n) is 6.91. The number of thiocarbonyl (C=S) groups is 1. The van der Waals surface area contributed by atoms with Crippen LogP contribution in [0.15, 0.2) is 42.5 Å². The van der Waals surface area contributed by atoms with E-state index in [2.05, 4.69) is 25.9 Å². The molecule has 4 aromatic rings. The number of hydrogen-bond donors (Lipinski definition) is 2. The summed E-state index contributed by atoms with van der Waals surface area (Å²) in [5, 5.41) is 20.5. The molecule has 4 rings (SSSR count). The van der Waals surface area contributed by atoms with Crippen LogP contribution in [0.1, 0.15) is 23.9 Å². The van der Waals surface area contributed by atoms with Crippen LogP contribution >= 0.6 is 35.2 Å². The van der Waals surface area contributed by atoms with Crippen LogP contribution < -0.4 is 10.6 Å². The molecule has 2 heterocycles. The lowest BCUT2D eigenvalue weighted by atomic mass is 10.1. The number of benzene rings is 2. The van der Waals surface area contributed by atoms with Crippen LogP contribution in [0.3, 0.4) is 0 Å². The van der Waals surface area contributed by atoms with Crippen molar-refractivity contribution in [3.63, 3.8) is 0 Å². The fourth-order valence-corrected chi connectivity index (χ4v) is 4.25. The van der Waals surface area contributed by atoms with Crippen molar-refractivity contribution in [3.8, 4) is 10.6 Å². The van der Waals surface area contributed by atoms with E-state index in [9.17, 15) is 4.79 Å². The van der Waals surface area contributed by atoms with Gasteiger partial charge in [0.25, 0.3) is 0 Å². The van der Waals surface area contributed by atoms with Gasteiger partial charge in [0.15, 0.2) is 10.9 Å². The van der Waals surface area contributed by atoms with E-state index in [1.165, 1.54) is 11.3 Å². The third kappa shape index (κ3) is 4.90. The molecule has 10 heteroatoms. The van der Waals surface area contributed by atoms with Crippen molar-refractivity contribution in [1.29, 1.82) is 0 Å². The van der Waals surface area contributed by atoms with Crippen LogP contribution in [0, 0.1) is 6.92 Å². The van der Waals surface area contributed by atoms with Gasteiger partial charge in [0.05, 0.1) is 6.42 Å². The number of amides is 1. The van der Waals surface area contributed by atoms with Gasteiger partial charge < -0.3 is 10.6 Å². The van der Waals surface area contributed by atoms with Crippen LogP contribution in [-0.4, -0.2) is 30.8 Å². The van der Waals surface area contributed by atoms with Gasteiger partial charge in [-0.3, -0.25) is 4.79 Å². The number of nitrogens with one attached hydrogen (secondary N) is 2. The van der Waals surface area contributed by atoms with Crippen molar-refractivity contribution in [2.45, 2.75) is 26.7 Å². The van der Waals surface area contributed by atoms with E-state index in [0.717, 1.165) is 44.6 Å². The number of carbonyl (C=O) groups is 1. The molecular weight excluding hydrogens is 452 g/mol. The Hall–Kier alpha value is -2.88. The van der Waals surface area contributed by atoms with E-state index in [4.69, 9.17) is 23.8 Å². The maximum Gasteiger partial charge on any atom is 0.234 e. The summed E-state index contributed by atoms with van der Waals surface area (Å²) in [6.07, 6.45) is 0.991. The molecule has 2 N–H and O–H groups in total. The Kier molecular flexibility index (Phi) is 6.26. The minimum atomic E-state index is -0.194. The highest BCUT2D eigenvalue weighted by Gasteiger charge is 2.13. The zero-order chi connectivity index (χ0) is 22.0. The van der Waals surface area contributed by atoms with E-state index in [1.807, 2.05) is 44.2 Å². The van der Waals surface area contributed by atoms with E-state index in [0.29, 0.717) is 5.02 Å². The van der Waals surface area contributed by atoms with Gasteiger partial charge in [0, 0.05) is 22.7 Å². The fourth-order valence-electron chi connectivity index (χ4n) is 3.04. The van der Waals surface area contributed by atoms with E-state index in [-0.39, 0.29) is 17.4 Å². The first-order chi connectivity index (χ1) is 14.9. The van der Waals surface area contributed by atoms with Crippen molar-refractivity contribution in [3.05, 3.63) is 64.4 Å². The summed E-state index contributed by atoms with van der Waals surface area (Å²) >= 11 is 12.7. The summed E-state index contributed by atoms with van der Waals surface area (Å²) in [7, 11) is 0. The smallest absolute Gasteiger partial charge is 0.234 e. The predicted octanol–water partition coefficient (Wildman–Crippen LogP) is 4.43. The Balaban J connectivity index is 1.41. The van der Waals surface area contributed by atoms with Crippen LogP contribution in [0.2, 0.25) is 5.02 Å². The summed E-state index contributed by atoms with van der Waals surface area (Å²) in [5.41, 5.74) is 3.64. The average molecular weight is 471 g/mol. The van der Waals surface area contributed by atoms with Gasteiger partial charge in [-0.2, -0.15) is 9.61 Å². The normalized spacial score (nSPS) is 10.9. The summed E-state index contributed by atoms with van der Waals surface area (Å²) in [4.78, 5) is 13.0. The van der Waals surface area contributed by atoms with Crippen LogP contribution in [0.5, 0.6) is 0 Å². The van der Waals surface area contributed by atoms with Crippen molar-refractivity contribution in [2.24, 2.45) is 0 Å². The van der Waals surface area contributed by atoms with Crippen molar-refractivity contribution in [1.82, 2.24) is 25.1 Å². The average Bonchev–Trinajstić information content (AvgIpc) is 3.32. The summed E-state index contributed by atoms with van der Waals surface area (Å²) < 4.78 is 1.78. The van der Waals surface area contributed by atoms with Crippen molar-refractivity contribution < 1.29 is 4.79 Å². The maximum atomic E-state index is 12.2. The second kappa shape index (κ2) is 9.09. The molecule has 0 fully saturated rings. The first kappa shape index (κ1) is 21.4. The SMILES string of the molecule is CCc1nnc2sc(-c3ccc(NC(=S)NC(=O)Cc4ccc(Cl)cc4)c(C)c3)nn12. The quantitative estimate of drug-likeness (QED) is 0.420. The summed E-state index contributed by atoms with van der Waals surface area (Å²) in [6, 6.07) is 13.1. The molecule has 0 aliphatic carbocycles. The van der Waals surface area contributed by atoms with Gasteiger partial charge in [0.1, 0.15) is 5.01 Å². The number of hydrogen-bond acceptors (Lipinski definition) is 6. The Morgan fingerprint density at radius 2 is 1.97 bits per heavy atom. The molecular formula is C21H19ClN6OS2. The molecule has 7 nitrogen and oxygen atoms in total.